The van der Waals surface area contributed by atoms with Gasteiger partial charge in [0.25, 0.3) is 0 Å². The van der Waals surface area contributed by atoms with Gasteiger partial charge in [0.1, 0.15) is 0 Å². The molecule has 0 bridgehead atoms. The van der Waals surface area contributed by atoms with Gasteiger partial charge in [-0.15, -0.1) is 0 Å². The number of carboxylic acid groups (broad SMARTS) is 1. The van der Waals surface area contributed by atoms with E-state index in [2.05, 4.69) is 41.3 Å². The van der Waals surface area contributed by atoms with E-state index in [1.165, 1.54) is 0 Å². The smallest absolute Gasteiger partial charge is 0.303 e. The van der Waals surface area contributed by atoms with E-state index in [0.717, 1.165) is 57.8 Å². The summed E-state index contributed by atoms with van der Waals surface area (Å²) in [5.41, 5.74) is 0. The summed E-state index contributed by atoms with van der Waals surface area (Å²) in [6.45, 7) is 0.430. The number of aliphatic carboxylic acids is 1. The Morgan fingerprint density at radius 1 is 0.750 bits per heavy atom. The van der Waals surface area contributed by atoms with Crippen molar-refractivity contribution in [3.63, 3.8) is 0 Å². The average Bonchev–Trinajstić information content (AvgIpc) is 2.56. The molecule has 0 heterocycles. The molecule has 4 nitrogen and oxygen atoms in total. The van der Waals surface area contributed by atoms with E-state index >= 15 is 0 Å². The fourth-order valence-corrected chi connectivity index (χ4v) is 2.04. The molecule has 0 fully saturated rings. The fourth-order valence-electron chi connectivity index (χ4n) is 2.04. The van der Waals surface area contributed by atoms with E-state index in [9.17, 15) is 4.79 Å². The van der Waals surface area contributed by atoms with Gasteiger partial charge in [0, 0.05) is 6.42 Å². The molecule has 0 aromatic rings. The van der Waals surface area contributed by atoms with Crippen LogP contribution in [0.25, 0.3) is 0 Å². The first kappa shape index (κ1) is 22.4. The van der Waals surface area contributed by atoms with Crippen LogP contribution in [-0.4, -0.2) is 22.9 Å². The number of hydrogen-bond acceptors (Lipinski definition) is 3. The van der Waals surface area contributed by atoms with Crippen molar-refractivity contribution in [3.8, 4) is 0 Å². The molecule has 0 saturated carbocycles. The minimum absolute atomic E-state index is 0.265. The number of allylic oxidation sites excluding steroid dienone is 8. The fraction of sp³-hybridized carbons (Fsp3) is 0.550. The summed E-state index contributed by atoms with van der Waals surface area (Å²) in [5.74, 6) is -0.714. The molecule has 24 heavy (non-hydrogen) atoms. The normalized spacial score (nSPS) is 12.4. The van der Waals surface area contributed by atoms with Crippen molar-refractivity contribution in [1.29, 1.82) is 0 Å². The summed E-state index contributed by atoms with van der Waals surface area (Å²) >= 11 is 0. The van der Waals surface area contributed by atoms with Crippen molar-refractivity contribution in [2.75, 3.05) is 6.61 Å². The number of rotatable bonds is 16. The van der Waals surface area contributed by atoms with Crippen LogP contribution in [0, 0.1) is 0 Å². The molecule has 0 radical (unpaired) electrons. The highest BCUT2D eigenvalue weighted by atomic mass is 17.1. The molecule has 0 rings (SSSR count). The van der Waals surface area contributed by atoms with Gasteiger partial charge < -0.3 is 5.11 Å². The van der Waals surface area contributed by atoms with E-state index in [1.54, 1.807) is 0 Å². The summed E-state index contributed by atoms with van der Waals surface area (Å²) in [4.78, 5) is 14.4. The van der Waals surface area contributed by atoms with Crippen LogP contribution in [0.1, 0.15) is 64.2 Å². The van der Waals surface area contributed by atoms with E-state index in [0.29, 0.717) is 6.61 Å². The molecule has 0 atom stereocenters. The molecule has 0 unspecified atom stereocenters. The number of carbonyl (C=O) groups is 1. The Balaban J connectivity index is 3.39. The Bertz CT molecular complexity index is 394. The van der Waals surface area contributed by atoms with Crippen molar-refractivity contribution >= 4 is 5.97 Å². The van der Waals surface area contributed by atoms with Gasteiger partial charge >= 0.3 is 5.97 Å². The Hall–Kier alpha value is -1.65. The summed E-state index contributed by atoms with van der Waals surface area (Å²) in [5, 5.41) is 16.7. The number of hydrogen-bond donors (Lipinski definition) is 2. The van der Waals surface area contributed by atoms with Crippen LogP contribution in [0.2, 0.25) is 0 Å². The third kappa shape index (κ3) is 20.3. The first-order valence-electron chi connectivity index (χ1n) is 8.87. The molecule has 136 valence electrons. The molecule has 0 aliphatic heterocycles. The molecule has 0 saturated heterocycles. The molecule has 0 aromatic heterocycles. The molecule has 0 aliphatic rings. The maximum absolute atomic E-state index is 10.3. The zero-order valence-corrected chi connectivity index (χ0v) is 14.6. The van der Waals surface area contributed by atoms with Crippen LogP contribution in [0.3, 0.4) is 0 Å². The molecular formula is C20H32O4. The van der Waals surface area contributed by atoms with Crippen molar-refractivity contribution in [3.05, 3.63) is 48.6 Å². The lowest BCUT2D eigenvalue weighted by atomic mass is 10.2. The zero-order chi connectivity index (χ0) is 17.7. The average molecular weight is 336 g/mol. The van der Waals surface area contributed by atoms with Gasteiger partial charge in [-0.3, -0.25) is 10.1 Å². The summed E-state index contributed by atoms with van der Waals surface area (Å²) < 4.78 is 0. The molecule has 4 heteroatoms. The van der Waals surface area contributed by atoms with E-state index in [4.69, 9.17) is 10.4 Å². The second-order valence-electron chi connectivity index (χ2n) is 5.59. The van der Waals surface area contributed by atoms with Crippen molar-refractivity contribution in [2.45, 2.75) is 64.2 Å². The lowest BCUT2D eigenvalue weighted by Crippen LogP contribution is -1.92. The van der Waals surface area contributed by atoms with Crippen LogP contribution in [0.4, 0.5) is 0 Å². The maximum Gasteiger partial charge on any atom is 0.303 e. The number of carboxylic acids is 1. The summed E-state index contributed by atoms with van der Waals surface area (Å²) in [7, 11) is 0. The highest BCUT2D eigenvalue weighted by Gasteiger charge is 1.93. The monoisotopic (exact) mass is 336 g/mol. The van der Waals surface area contributed by atoms with Gasteiger partial charge in [0.05, 0.1) is 6.61 Å². The van der Waals surface area contributed by atoms with Gasteiger partial charge in [0.2, 0.25) is 0 Å². The molecule has 0 spiro atoms. The lowest BCUT2D eigenvalue weighted by Gasteiger charge is -1.95. The van der Waals surface area contributed by atoms with Crippen LogP contribution >= 0.6 is 0 Å². The first-order valence-corrected chi connectivity index (χ1v) is 8.87. The first-order chi connectivity index (χ1) is 11.8. The molecule has 0 aliphatic carbocycles. The van der Waals surface area contributed by atoms with Crippen LogP contribution in [-0.2, 0) is 9.68 Å². The van der Waals surface area contributed by atoms with Gasteiger partial charge in [-0.1, -0.05) is 55.0 Å². The molecule has 0 amide bonds. The highest BCUT2D eigenvalue weighted by Crippen LogP contribution is 2.02. The van der Waals surface area contributed by atoms with Crippen LogP contribution in [0.15, 0.2) is 48.6 Å². The predicted molar refractivity (Wildman–Crippen MR) is 98.9 cm³/mol. The van der Waals surface area contributed by atoms with Crippen LogP contribution in [0.5, 0.6) is 0 Å². The Kier molecular flexibility index (Phi) is 18.1. The largest absolute Gasteiger partial charge is 0.481 e. The summed E-state index contributed by atoms with van der Waals surface area (Å²) in [6.07, 6.45) is 25.9. The quantitative estimate of drug-likeness (QED) is 0.125. The zero-order valence-electron chi connectivity index (χ0n) is 14.6. The Morgan fingerprint density at radius 3 is 2.12 bits per heavy atom. The second-order valence-corrected chi connectivity index (χ2v) is 5.59. The second kappa shape index (κ2) is 19.4. The van der Waals surface area contributed by atoms with Gasteiger partial charge in [-0.05, 0) is 51.4 Å². The molecule has 2 N–H and O–H groups in total. The van der Waals surface area contributed by atoms with Crippen molar-refractivity contribution < 1.29 is 20.0 Å². The van der Waals surface area contributed by atoms with Gasteiger partial charge in [0.15, 0.2) is 0 Å². The SMILES string of the molecule is O=C(O)CCCCC=CC=CCC=CCC=CCCCCCOO. The molecule has 0 aromatic carbocycles. The maximum atomic E-state index is 10.3. The van der Waals surface area contributed by atoms with E-state index in [-0.39, 0.29) is 6.42 Å². The Labute approximate surface area is 146 Å². The highest BCUT2D eigenvalue weighted by molar-refractivity contribution is 5.66. The standard InChI is InChI=1S/C20H32O4/c21-20(22)18-16-14-12-10-8-6-4-2-1-3-5-7-9-11-13-15-17-19-24-23/h1,3-4,6-10,23H,2,5,11-19H2,(H,21,22). The predicted octanol–water partition coefficient (Wildman–Crippen LogP) is 5.69. The van der Waals surface area contributed by atoms with E-state index in [1.807, 2.05) is 12.2 Å². The van der Waals surface area contributed by atoms with E-state index < -0.39 is 5.97 Å². The minimum Gasteiger partial charge on any atom is -0.481 e. The lowest BCUT2D eigenvalue weighted by molar-refractivity contribution is -0.242. The van der Waals surface area contributed by atoms with Gasteiger partial charge in [-0.25, -0.2) is 4.89 Å². The number of unbranched alkanes of at least 4 members (excludes halogenated alkanes) is 5. The topological polar surface area (TPSA) is 66.8 Å². The third-order valence-electron chi connectivity index (χ3n) is 3.38. The van der Waals surface area contributed by atoms with Crippen molar-refractivity contribution in [2.24, 2.45) is 0 Å². The van der Waals surface area contributed by atoms with Gasteiger partial charge in [-0.2, -0.15) is 0 Å². The Morgan fingerprint density at radius 2 is 1.38 bits per heavy atom. The van der Waals surface area contributed by atoms with Crippen LogP contribution < -0.4 is 0 Å². The third-order valence-corrected chi connectivity index (χ3v) is 3.38. The molecular weight excluding hydrogens is 304 g/mol. The minimum atomic E-state index is -0.714. The van der Waals surface area contributed by atoms with Crippen molar-refractivity contribution in [1.82, 2.24) is 0 Å². The summed E-state index contributed by atoms with van der Waals surface area (Å²) in [6, 6.07) is 0.